The highest BCUT2D eigenvalue weighted by Crippen LogP contribution is 2.49. The van der Waals surface area contributed by atoms with Crippen LogP contribution in [0.3, 0.4) is 0 Å². The number of sulfonamides is 1. The molecule has 0 aliphatic heterocycles. The molecule has 1 aliphatic rings. The van der Waals surface area contributed by atoms with Gasteiger partial charge in [0.2, 0.25) is 10.0 Å². The summed E-state index contributed by atoms with van der Waals surface area (Å²) in [5.41, 5.74) is 1.51. The predicted molar refractivity (Wildman–Crippen MR) is 139 cm³/mol. The van der Waals surface area contributed by atoms with Crippen molar-refractivity contribution in [3.05, 3.63) is 60.2 Å². The largest absolute Gasteiger partial charge is 0.455 e. The van der Waals surface area contributed by atoms with Crippen molar-refractivity contribution in [3.8, 4) is 22.7 Å². The average molecular weight is 526 g/mol. The van der Waals surface area contributed by atoms with E-state index in [-0.39, 0.29) is 24.7 Å². The van der Waals surface area contributed by atoms with Crippen LogP contribution in [-0.2, 0) is 14.8 Å². The maximum absolute atomic E-state index is 13.6. The van der Waals surface area contributed by atoms with Crippen LogP contribution in [0, 0.1) is 5.82 Å². The van der Waals surface area contributed by atoms with Crippen molar-refractivity contribution in [2.24, 2.45) is 0 Å². The van der Waals surface area contributed by atoms with E-state index in [2.05, 4.69) is 9.97 Å². The Labute approximate surface area is 214 Å². The first kappa shape index (κ1) is 25.2. The third kappa shape index (κ3) is 5.03. The number of furan rings is 1. The van der Waals surface area contributed by atoms with E-state index in [1.807, 2.05) is 6.07 Å². The van der Waals surface area contributed by atoms with Gasteiger partial charge in [0.25, 0.3) is 0 Å². The average Bonchev–Trinajstić information content (AvgIpc) is 3.39. The number of benzene rings is 2. The SMILES string of the molecule is CC(C)(O)C(=O)CCN(c1cc2oc(-c3ccc(F)cc3)c(-c3ncc[nH]3)c2cc1C1CC1)S(C)(=O)=O. The number of carbonyl (C=O) groups excluding carboxylic acids is 1. The summed E-state index contributed by atoms with van der Waals surface area (Å²) in [7, 11) is -3.76. The van der Waals surface area contributed by atoms with Crippen LogP contribution in [0.15, 0.2) is 53.2 Å². The minimum absolute atomic E-state index is 0.108. The maximum atomic E-state index is 13.6. The van der Waals surface area contributed by atoms with Crippen molar-refractivity contribution in [1.29, 1.82) is 0 Å². The van der Waals surface area contributed by atoms with Crippen LogP contribution in [0.25, 0.3) is 33.7 Å². The van der Waals surface area contributed by atoms with Crippen LogP contribution in [0.4, 0.5) is 10.1 Å². The molecule has 0 amide bonds. The van der Waals surface area contributed by atoms with E-state index in [1.165, 1.54) is 30.3 Å². The number of imidazole rings is 1. The lowest BCUT2D eigenvalue weighted by atomic mass is 9.99. The molecule has 2 N–H and O–H groups in total. The van der Waals surface area contributed by atoms with Gasteiger partial charge in [0.05, 0.1) is 17.5 Å². The third-order valence-corrected chi connectivity index (χ3v) is 7.77. The van der Waals surface area contributed by atoms with E-state index in [0.29, 0.717) is 34.0 Å². The number of aromatic nitrogens is 2. The lowest BCUT2D eigenvalue weighted by Gasteiger charge is -2.26. The third-order valence-electron chi connectivity index (χ3n) is 6.59. The molecule has 2 heterocycles. The zero-order valence-electron chi connectivity index (χ0n) is 20.8. The number of aliphatic hydroxyl groups is 1. The molecule has 8 nitrogen and oxygen atoms in total. The number of aromatic amines is 1. The van der Waals surface area contributed by atoms with Crippen molar-refractivity contribution >= 4 is 32.5 Å². The molecular weight excluding hydrogens is 497 g/mol. The minimum Gasteiger partial charge on any atom is -0.455 e. The van der Waals surface area contributed by atoms with Gasteiger partial charge in [-0.25, -0.2) is 17.8 Å². The summed E-state index contributed by atoms with van der Waals surface area (Å²) in [5.74, 6) is 0.395. The molecule has 0 unspecified atom stereocenters. The summed E-state index contributed by atoms with van der Waals surface area (Å²) in [6.45, 7) is 2.67. The van der Waals surface area contributed by atoms with Crippen molar-refractivity contribution in [3.63, 3.8) is 0 Å². The Morgan fingerprint density at radius 2 is 1.95 bits per heavy atom. The van der Waals surface area contributed by atoms with Gasteiger partial charge in [-0.15, -0.1) is 0 Å². The molecule has 1 aliphatic carbocycles. The molecule has 10 heteroatoms. The van der Waals surface area contributed by atoms with Crippen molar-refractivity contribution in [2.75, 3.05) is 17.1 Å². The number of Topliss-reactive ketones (excluding diaryl/α,β-unsaturated/α-hetero) is 1. The molecular formula is C27H28FN3O5S. The fourth-order valence-corrected chi connectivity index (χ4v) is 5.44. The van der Waals surface area contributed by atoms with Gasteiger partial charge >= 0.3 is 0 Å². The van der Waals surface area contributed by atoms with Gasteiger partial charge in [-0.1, -0.05) is 0 Å². The number of nitrogens with one attached hydrogen (secondary N) is 1. The fraction of sp³-hybridized carbons (Fsp3) is 0.333. The van der Waals surface area contributed by atoms with Crippen molar-refractivity contribution in [2.45, 2.75) is 44.6 Å². The highest BCUT2D eigenvalue weighted by molar-refractivity contribution is 7.92. The first-order valence-corrected chi connectivity index (χ1v) is 13.9. The molecule has 194 valence electrons. The van der Waals surface area contributed by atoms with E-state index in [4.69, 9.17) is 4.42 Å². The molecule has 0 spiro atoms. The number of halogens is 1. The van der Waals surface area contributed by atoms with E-state index in [9.17, 15) is 22.7 Å². The summed E-state index contributed by atoms with van der Waals surface area (Å²) in [6, 6.07) is 9.56. The predicted octanol–water partition coefficient (Wildman–Crippen LogP) is 5.00. The Morgan fingerprint density at radius 3 is 2.51 bits per heavy atom. The van der Waals surface area contributed by atoms with Crippen molar-refractivity contribution in [1.82, 2.24) is 9.97 Å². The molecule has 0 radical (unpaired) electrons. The van der Waals surface area contributed by atoms with Gasteiger partial charge in [-0.2, -0.15) is 0 Å². The van der Waals surface area contributed by atoms with E-state index in [0.717, 1.165) is 30.0 Å². The van der Waals surface area contributed by atoms with E-state index >= 15 is 0 Å². The van der Waals surface area contributed by atoms with Crippen LogP contribution in [-0.4, -0.2) is 47.7 Å². The molecule has 37 heavy (non-hydrogen) atoms. The Bertz CT molecular complexity index is 1560. The van der Waals surface area contributed by atoms with Crippen LogP contribution in [0.2, 0.25) is 0 Å². The van der Waals surface area contributed by atoms with E-state index < -0.39 is 21.4 Å². The second-order valence-electron chi connectivity index (χ2n) is 10.00. The fourth-order valence-electron chi connectivity index (χ4n) is 4.50. The maximum Gasteiger partial charge on any atom is 0.232 e. The molecule has 0 saturated heterocycles. The Morgan fingerprint density at radius 1 is 1.24 bits per heavy atom. The first-order chi connectivity index (χ1) is 17.4. The van der Waals surface area contributed by atoms with Gasteiger partial charge in [-0.3, -0.25) is 9.10 Å². The highest BCUT2D eigenvalue weighted by atomic mass is 32.2. The second-order valence-corrected chi connectivity index (χ2v) is 11.9. The lowest BCUT2D eigenvalue weighted by Crippen LogP contribution is -2.37. The Hall–Kier alpha value is -3.50. The summed E-state index contributed by atoms with van der Waals surface area (Å²) in [4.78, 5) is 19.9. The molecule has 1 fully saturated rings. The number of hydrogen-bond donors (Lipinski definition) is 2. The van der Waals surface area contributed by atoms with Gasteiger partial charge in [0.1, 0.15) is 28.6 Å². The number of fused-ring (bicyclic) bond motifs is 1. The monoisotopic (exact) mass is 525 g/mol. The number of ketones is 1. The zero-order chi connectivity index (χ0) is 26.5. The molecule has 5 rings (SSSR count). The summed E-state index contributed by atoms with van der Waals surface area (Å²) >= 11 is 0. The normalized spacial score (nSPS) is 14.3. The van der Waals surface area contributed by atoms with Gasteiger partial charge in [0, 0.05) is 42.4 Å². The molecule has 4 aromatic rings. The standard InChI is InChI=1S/C27H28FN3O5S/c1-27(2,33)23(32)10-13-31(37(3,34)35)21-15-22-20(14-19(21)16-4-5-16)24(26-29-11-12-30-26)25(36-22)17-6-8-18(28)9-7-17/h6-9,11-12,14-16,33H,4-5,10,13H2,1-3H3,(H,29,30). The van der Waals surface area contributed by atoms with Gasteiger partial charge < -0.3 is 14.5 Å². The molecule has 0 bridgehead atoms. The summed E-state index contributed by atoms with van der Waals surface area (Å²) < 4.78 is 46.9. The first-order valence-electron chi connectivity index (χ1n) is 12.0. The minimum atomic E-state index is -3.76. The lowest BCUT2D eigenvalue weighted by molar-refractivity contribution is -0.133. The number of H-pyrrole nitrogens is 1. The van der Waals surface area contributed by atoms with Gasteiger partial charge in [-0.05, 0) is 68.5 Å². The molecule has 2 aromatic carbocycles. The number of rotatable bonds is 9. The van der Waals surface area contributed by atoms with Crippen LogP contribution >= 0.6 is 0 Å². The van der Waals surface area contributed by atoms with Gasteiger partial charge in [0.15, 0.2) is 5.78 Å². The molecule has 0 atom stereocenters. The Kier molecular flexibility index (Phi) is 6.19. The highest BCUT2D eigenvalue weighted by Gasteiger charge is 2.33. The van der Waals surface area contributed by atoms with Crippen LogP contribution in [0.1, 0.15) is 44.6 Å². The number of hydrogen-bond acceptors (Lipinski definition) is 6. The summed E-state index contributed by atoms with van der Waals surface area (Å²) in [6.07, 6.45) is 6.11. The summed E-state index contributed by atoms with van der Waals surface area (Å²) in [5, 5.41) is 10.8. The van der Waals surface area contributed by atoms with Crippen molar-refractivity contribution < 1.29 is 27.1 Å². The quantitative estimate of drug-likeness (QED) is 0.318. The van der Waals surface area contributed by atoms with Crippen LogP contribution < -0.4 is 4.31 Å². The van der Waals surface area contributed by atoms with Crippen LogP contribution in [0.5, 0.6) is 0 Å². The molecule has 2 aromatic heterocycles. The number of nitrogens with zero attached hydrogens (tertiary/aromatic N) is 2. The topological polar surface area (TPSA) is 116 Å². The smallest absolute Gasteiger partial charge is 0.232 e. The number of carbonyl (C=O) groups is 1. The number of anilines is 1. The second kappa shape index (κ2) is 9.11. The van der Waals surface area contributed by atoms with E-state index in [1.54, 1.807) is 30.6 Å². The zero-order valence-corrected chi connectivity index (χ0v) is 21.6. The molecule has 1 saturated carbocycles. The Balaban J connectivity index is 1.70.